The molecule has 0 saturated carbocycles. The van der Waals surface area contributed by atoms with Gasteiger partial charge in [0.1, 0.15) is 16.8 Å². The highest BCUT2D eigenvalue weighted by Gasteiger charge is 2.29. The first-order valence-corrected chi connectivity index (χ1v) is 12.1. The van der Waals surface area contributed by atoms with E-state index in [2.05, 4.69) is 22.1 Å². The molecular weight excluding hydrogens is 468 g/mol. The Morgan fingerprint density at radius 2 is 1.86 bits per heavy atom. The predicted octanol–water partition coefficient (Wildman–Crippen LogP) is 4.73. The Balaban J connectivity index is 1.68. The van der Waals surface area contributed by atoms with Gasteiger partial charge in [-0.05, 0) is 25.3 Å². The second kappa shape index (κ2) is 8.35. The van der Waals surface area contributed by atoms with Crippen LogP contribution in [0.1, 0.15) is 32.2 Å². The van der Waals surface area contributed by atoms with Crippen molar-refractivity contribution in [2.24, 2.45) is 14.1 Å². The van der Waals surface area contributed by atoms with Crippen LogP contribution in [0, 0.1) is 0 Å². The number of aryl methyl sites for hydroxylation is 2. The van der Waals surface area contributed by atoms with E-state index in [1.165, 1.54) is 0 Å². The highest BCUT2D eigenvalue weighted by Crippen LogP contribution is 2.40. The van der Waals surface area contributed by atoms with Gasteiger partial charge in [0.2, 0.25) is 0 Å². The topological polar surface area (TPSA) is 92.9 Å². The Bertz CT molecular complexity index is 1630. The van der Waals surface area contributed by atoms with Gasteiger partial charge in [-0.3, -0.25) is 13.9 Å². The molecule has 0 aliphatic carbocycles. The van der Waals surface area contributed by atoms with Crippen molar-refractivity contribution < 1.29 is 9.15 Å². The average Bonchev–Trinajstić information content (AvgIpc) is 3.56. The summed E-state index contributed by atoms with van der Waals surface area (Å²) < 4.78 is 17.5. The van der Waals surface area contributed by atoms with E-state index in [-0.39, 0.29) is 17.8 Å². The van der Waals surface area contributed by atoms with E-state index in [1.54, 1.807) is 32.4 Å². The monoisotopic (exact) mass is 492 g/mol. The van der Waals surface area contributed by atoms with Crippen molar-refractivity contribution in [3.05, 3.63) is 52.4 Å². The molecule has 9 nitrogen and oxygen atoms in total. The first kappa shape index (κ1) is 22.1. The fourth-order valence-electron chi connectivity index (χ4n) is 5.04. The standard InChI is InChI=1S/C25H25ClN6O3/c1-4-17-7-16(5-6-34-17)32-23-19-8-18(14-10-27-30(2)12-14)20(26)9-21(19)35-24(23)22(29-25(32)33)15-11-28-31(3)13-15/h8-13,16-17H,4-7H2,1-3H3. The molecule has 1 fully saturated rings. The highest BCUT2D eigenvalue weighted by molar-refractivity contribution is 6.34. The average molecular weight is 493 g/mol. The molecule has 1 aliphatic rings. The van der Waals surface area contributed by atoms with E-state index >= 15 is 0 Å². The number of aromatic nitrogens is 6. The number of rotatable bonds is 4. The molecule has 180 valence electrons. The van der Waals surface area contributed by atoms with Crippen molar-refractivity contribution in [1.82, 2.24) is 29.1 Å². The zero-order valence-electron chi connectivity index (χ0n) is 19.7. The molecule has 35 heavy (non-hydrogen) atoms. The predicted molar refractivity (Wildman–Crippen MR) is 133 cm³/mol. The van der Waals surface area contributed by atoms with Crippen LogP contribution in [0.2, 0.25) is 5.02 Å². The normalized spacial score (nSPS) is 18.6. The fourth-order valence-corrected chi connectivity index (χ4v) is 5.30. The second-order valence-electron chi connectivity index (χ2n) is 9.11. The van der Waals surface area contributed by atoms with Gasteiger partial charge in [-0.15, -0.1) is 0 Å². The highest BCUT2D eigenvalue weighted by atomic mass is 35.5. The summed E-state index contributed by atoms with van der Waals surface area (Å²) in [5.41, 5.74) is 4.48. The SMILES string of the molecule is CCC1CC(n2c(=O)nc(-c3cnn(C)c3)c3oc4cc(Cl)c(-c5cnn(C)c5)cc4c32)CCO1. The van der Waals surface area contributed by atoms with Crippen molar-refractivity contribution in [2.45, 2.75) is 38.3 Å². The number of fused-ring (bicyclic) bond motifs is 3. The van der Waals surface area contributed by atoms with Crippen molar-refractivity contribution in [3.8, 4) is 22.4 Å². The van der Waals surface area contributed by atoms with E-state index in [4.69, 9.17) is 20.8 Å². The van der Waals surface area contributed by atoms with E-state index < -0.39 is 0 Å². The minimum atomic E-state index is -0.307. The molecule has 2 atom stereocenters. The Morgan fingerprint density at radius 1 is 1.11 bits per heavy atom. The summed E-state index contributed by atoms with van der Waals surface area (Å²) in [5.74, 6) is 0. The Hall–Kier alpha value is -3.43. The largest absolute Gasteiger partial charge is 0.452 e. The van der Waals surface area contributed by atoms with Crippen molar-refractivity contribution in [3.63, 3.8) is 0 Å². The van der Waals surface area contributed by atoms with Gasteiger partial charge in [0.05, 0.1) is 23.5 Å². The van der Waals surface area contributed by atoms with Gasteiger partial charge in [0.25, 0.3) is 0 Å². The molecule has 5 heterocycles. The summed E-state index contributed by atoms with van der Waals surface area (Å²) in [5, 5.41) is 9.92. The molecule has 0 N–H and O–H groups in total. The molecule has 1 aliphatic heterocycles. The van der Waals surface area contributed by atoms with Gasteiger partial charge in [-0.2, -0.15) is 15.2 Å². The third kappa shape index (κ3) is 3.66. The second-order valence-corrected chi connectivity index (χ2v) is 9.51. The summed E-state index contributed by atoms with van der Waals surface area (Å²) in [6.45, 7) is 2.70. The number of nitrogens with zero attached hydrogens (tertiary/aromatic N) is 6. The quantitative estimate of drug-likeness (QED) is 0.360. The molecule has 5 aromatic rings. The lowest BCUT2D eigenvalue weighted by atomic mass is 10.0. The number of ether oxygens (including phenoxy) is 1. The molecule has 0 bridgehead atoms. The van der Waals surface area contributed by atoms with Gasteiger partial charge in [-0.1, -0.05) is 18.5 Å². The lowest BCUT2D eigenvalue weighted by Crippen LogP contribution is -2.34. The zero-order chi connectivity index (χ0) is 24.3. The number of furan rings is 1. The van der Waals surface area contributed by atoms with Crippen LogP contribution in [0.3, 0.4) is 0 Å². The van der Waals surface area contributed by atoms with E-state index in [0.717, 1.165) is 46.9 Å². The van der Waals surface area contributed by atoms with E-state index in [1.807, 2.05) is 32.6 Å². The van der Waals surface area contributed by atoms with E-state index in [0.29, 0.717) is 28.5 Å². The molecule has 1 saturated heterocycles. The molecule has 4 aromatic heterocycles. The molecular formula is C25H25ClN6O3. The number of hydrogen-bond donors (Lipinski definition) is 0. The maximum Gasteiger partial charge on any atom is 0.349 e. The molecule has 1 aromatic carbocycles. The van der Waals surface area contributed by atoms with Crippen LogP contribution in [0.4, 0.5) is 0 Å². The third-order valence-corrected chi connectivity index (χ3v) is 7.09. The van der Waals surface area contributed by atoms with Crippen molar-refractivity contribution in [1.29, 1.82) is 0 Å². The Morgan fingerprint density at radius 3 is 2.54 bits per heavy atom. The first-order valence-electron chi connectivity index (χ1n) is 11.7. The van der Waals surface area contributed by atoms with Crippen LogP contribution in [-0.2, 0) is 18.8 Å². The molecule has 6 rings (SSSR count). The summed E-state index contributed by atoms with van der Waals surface area (Å²) >= 11 is 6.68. The summed E-state index contributed by atoms with van der Waals surface area (Å²) in [4.78, 5) is 18.1. The Kier molecular flexibility index (Phi) is 5.26. The number of hydrogen-bond acceptors (Lipinski definition) is 6. The molecule has 10 heteroatoms. The van der Waals surface area contributed by atoms with E-state index in [9.17, 15) is 4.79 Å². The van der Waals surface area contributed by atoms with Crippen LogP contribution in [0.25, 0.3) is 44.5 Å². The smallest absolute Gasteiger partial charge is 0.349 e. The van der Waals surface area contributed by atoms with Gasteiger partial charge < -0.3 is 9.15 Å². The summed E-state index contributed by atoms with van der Waals surface area (Å²) in [6, 6.07) is 3.75. The van der Waals surface area contributed by atoms with Gasteiger partial charge in [0, 0.05) is 67.3 Å². The third-order valence-electron chi connectivity index (χ3n) is 6.78. The van der Waals surface area contributed by atoms with Crippen LogP contribution in [-0.4, -0.2) is 41.8 Å². The Labute approximate surface area is 205 Å². The zero-order valence-corrected chi connectivity index (χ0v) is 20.5. The van der Waals surface area contributed by atoms with Crippen LogP contribution in [0.15, 0.2) is 46.1 Å². The minimum absolute atomic E-state index is 0.0440. The summed E-state index contributed by atoms with van der Waals surface area (Å²) in [6.07, 6.45) is 9.67. The molecule has 2 unspecified atom stereocenters. The number of benzene rings is 1. The van der Waals surface area contributed by atoms with Crippen LogP contribution >= 0.6 is 11.6 Å². The molecule has 0 spiro atoms. The van der Waals surface area contributed by atoms with Crippen LogP contribution < -0.4 is 5.69 Å². The maximum absolute atomic E-state index is 13.6. The van der Waals surface area contributed by atoms with Crippen LogP contribution in [0.5, 0.6) is 0 Å². The lowest BCUT2D eigenvalue weighted by molar-refractivity contribution is -0.00709. The fraction of sp³-hybridized carbons (Fsp3) is 0.360. The first-order chi connectivity index (χ1) is 16.9. The number of halogens is 1. The lowest BCUT2D eigenvalue weighted by Gasteiger charge is -2.30. The molecule has 0 radical (unpaired) electrons. The maximum atomic E-state index is 13.6. The minimum Gasteiger partial charge on any atom is -0.452 e. The summed E-state index contributed by atoms with van der Waals surface area (Å²) in [7, 11) is 3.69. The van der Waals surface area contributed by atoms with Crippen molar-refractivity contribution >= 4 is 33.7 Å². The van der Waals surface area contributed by atoms with Crippen molar-refractivity contribution in [2.75, 3.05) is 6.61 Å². The van der Waals surface area contributed by atoms with Gasteiger partial charge in [-0.25, -0.2) is 4.79 Å². The van der Waals surface area contributed by atoms with Gasteiger partial charge >= 0.3 is 5.69 Å². The molecule has 0 amide bonds. The van der Waals surface area contributed by atoms with Gasteiger partial charge in [0.15, 0.2) is 5.58 Å².